The number of rotatable bonds is 9. The van der Waals surface area contributed by atoms with Crippen LogP contribution in [0.1, 0.15) is 40.3 Å². The summed E-state index contributed by atoms with van der Waals surface area (Å²) in [4.78, 5) is 58.0. The number of carbonyl (C=O) groups excluding carboxylic acids is 4. The summed E-state index contributed by atoms with van der Waals surface area (Å²) >= 11 is 0.952. The van der Waals surface area contributed by atoms with Crippen LogP contribution in [0.5, 0.6) is 0 Å². The van der Waals surface area contributed by atoms with E-state index in [1.165, 1.54) is 19.2 Å². The molecule has 16 nitrogen and oxygen atoms in total. The molecule has 1 aromatic rings. The van der Waals surface area contributed by atoms with Gasteiger partial charge in [-0.25, -0.2) is 18.9 Å². The number of esters is 1. The number of anilines is 1. The van der Waals surface area contributed by atoms with Crippen LogP contribution in [0.3, 0.4) is 0 Å². The Labute approximate surface area is 238 Å². The van der Waals surface area contributed by atoms with Gasteiger partial charge in [-0.15, -0.1) is 11.3 Å². The van der Waals surface area contributed by atoms with Gasteiger partial charge in [-0.05, 0) is 34.6 Å². The molecule has 2 rings (SSSR count). The summed E-state index contributed by atoms with van der Waals surface area (Å²) < 4.78 is 42.1. The molecule has 0 bridgehead atoms. The van der Waals surface area contributed by atoms with Gasteiger partial charge in [-0.3, -0.25) is 14.1 Å². The minimum absolute atomic E-state index is 0. The molecule has 1 aliphatic rings. The third-order valence-electron chi connectivity index (χ3n) is 4.34. The van der Waals surface area contributed by atoms with Crippen molar-refractivity contribution in [2.45, 2.75) is 57.9 Å². The summed E-state index contributed by atoms with van der Waals surface area (Å²) in [7, 11) is -5.04. The smallest absolute Gasteiger partial charge is 0.404 e. The summed E-state index contributed by atoms with van der Waals surface area (Å²) in [6, 6.07) is -3.08. The number of nitrogens with zero attached hydrogens (tertiary/aromatic N) is 3. The SMILES string of the molecule is CC(C)(C)OC(=O)C(C)(C)O/N=C(/C(=O)N[C@@H]1C(=O)N(S(=O)(=O)O)[C@@H]1COC(N)=O)c1csc(N)n1.[Na]. The summed E-state index contributed by atoms with van der Waals surface area (Å²) in [5, 5.41) is 7.34. The van der Waals surface area contributed by atoms with Gasteiger partial charge in [0.15, 0.2) is 10.8 Å². The molecule has 2 heterocycles. The predicted octanol–water partition coefficient (Wildman–Crippen LogP) is -1.22. The first-order valence-corrected chi connectivity index (χ1v) is 12.4. The van der Waals surface area contributed by atoms with Gasteiger partial charge in [0.25, 0.3) is 11.8 Å². The predicted molar refractivity (Wildman–Crippen MR) is 129 cm³/mol. The average molecular weight is 574 g/mol. The van der Waals surface area contributed by atoms with Crippen molar-refractivity contribution in [3.8, 4) is 0 Å². The van der Waals surface area contributed by atoms with Crippen molar-refractivity contribution in [1.29, 1.82) is 0 Å². The first kappa shape index (κ1) is 32.5. The number of thiazole rings is 1. The van der Waals surface area contributed by atoms with Gasteiger partial charge < -0.3 is 31.1 Å². The van der Waals surface area contributed by atoms with Crippen molar-refractivity contribution in [3.63, 3.8) is 0 Å². The van der Waals surface area contributed by atoms with Crippen LogP contribution in [-0.4, -0.2) is 111 Å². The van der Waals surface area contributed by atoms with Crippen molar-refractivity contribution in [2.24, 2.45) is 10.9 Å². The Balaban J connectivity index is 0.00000684. The van der Waals surface area contributed by atoms with Crippen LogP contribution in [-0.2, 0) is 39.0 Å². The van der Waals surface area contributed by atoms with Crippen LogP contribution in [0.2, 0.25) is 0 Å². The number of nitrogen functional groups attached to an aromatic ring is 1. The third-order valence-corrected chi connectivity index (χ3v) is 5.96. The van der Waals surface area contributed by atoms with E-state index in [0.717, 1.165) is 11.3 Å². The molecule has 1 saturated heterocycles. The number of oxime groups is 1. The number of amides is 3. The Hall–Kier alpha value is -2.51. The van der Waals surface area contributed by atoms with Crippen LogP contribution in [0.25, 0.3) is 0 Å². The largest absolute Gasteiger partial charge is 0.457 e. The molecule has 1 fully saturated rings. The molecule has 19 heteroatoms. The molecular weight excluding hydrogens is 547 g/mol. The van der Waals surface area contributed by atoms with E-state index < -0.39 is 69.8 Å². The molecule has 0 aliphatic carbocycles. The fraction of sp³-hybridized carbons (Fsp3) is 0.556. The van der Waals surface area contributed by atoms with Crippen LogP contribution in [0.15, 0.2) is 10.5 Å². The maximum Gasteiger partial charge on any atom is 0.404 e. The quantitative estimate of drug-likeness (QED) is 0.0678. The van der Waals surface area contributed by atoms with Crippen molar-refractivity contribution in [1.82, 2.24) is 14.6 Å². The van der Waals surface area contributed by atoms with E-state index in [4.69, 9.17) is 21.0 Å². The fourth-order valence-electron chi connectivity index (χ4n) is 2.70. The first-order chi connectivity index (χ1) is 16.3. The maximum absolute atomic E-state index is 13.0. The van der Waals surface area contributed by atoms with Crippen molar-refractivity contribution in [3.05, 3.63) is 11.1 Å². The Kier molecular flexibility index (Phi) is 10.5. The van der Waals surface area contributed by atoms with E-state index in [1.54, 1.807) is 20.8 Å². The molecule has 0 saturated carbocycles. The number of hydrogen-bond donors (Lipinski definition) is 4. The molecule has 3 amide bonds. The Morgan fingerprint density at radius 1 is 1.27 bits per heavy atom. The minimum atomic E-state index is -5.04. The fourth-order valence-corrected chi connectivity index (χ4v) is 4.11. The second-order valence-corrected chi connectivity index (χ2v) is 11.1. The zero-order chi connectivity index (χ0) is 27.6. The average Bonchev–Trinajstić information content (AvgIpc) is 3.12. The molecule has 0 aromatic carbocycles. The molecule has 1 aliphatic heterocycles. The third kappa shape index (κ3) is 8.50. The van der Waals surface area contributed by atoms with Gasteiger partial charge in [-0.1, -0.05) is 5.16 Å². The van der Waals surface area contributed by atoms with Crippen molar-refractivity contribution >= 4 is 85.9 Å². The van der Waals surface area contributed by atoms with Crippen LogP contribution >= 0.6 is 11.3 Å². The number of hydrogen-bond acceptors (Lipinski definition) is 13. The number of carbonyl (C=O) groups is 4. The van der Waals surface area contributed by atoms with Gasteiger partial charge in [0.2, 0.25) is 5.60 Å². The molecule has 0 unspecified atom stereocenters. The summed E-state index contributed by atoms with van der Waals surface area (Å²) in [6.45, 7) is 6.85. The number of ether oxygens (including phenoxy) is 2. The molecule has 1 radical (unpaired) electrons. The van der Waals surface area contributed by atoms with Crippen LogP contribution in [0, 0.1) is 0 Å². The zero-order valence-electron chi connectivity index (χ0n) is 20.9. The molecule has 6 N–H and O–H groups in total. The topological polar surface area (TPSA) is 243 Å². The van der Waals surface area contributed by atoms with Gasteiger partial charge in [-0.2, -0.15) is 8.42 Å². The van der Waals surface area contributed by atoms with Crippen molar-refractivity contribution in [2.75, 3.05) is 12.3 Å². The Bertz CT molecular complexity index is 1190. The second kappa shape index (κ2) is 11.9. The Morgan fingerprint density at radius 2 is 1.86 bits per heavy atom. The van der Waals surface area contributed by atoms with Gasteiger partial charge >= 0.3 is 22.4 Å². The van der Waals surface area contributed by atoms with Crippen molar-refractivity contribution < 1.29 is 46.5 Å². The van der Waals surface area contributed by atoms with Gasteiger partial charge in [0.05, 0.1) is 0 Å². The number of nitrogens with two attached hydrogens (primary N) is 2. The van der Waals surface area contributed by atoms with E-state index in [0.29, 0.717) is 0 Å². The number of primary amides is 1. The summed E-state index contributed by atoms with van der Waals surface area (Å²) in [6.07, 6.45) is -1.28. The second-order valence-electron chi connectivity index (χ2n) is 8.87. The number of aromatic nitrogens is 1. The standard InChI is InChI=1S/C18H26N6O10S2.Na/c1-17(2,3)33-14(27)18(4,5)34-23-10(8-7-35-15(19)21-8)12(25)22-11-9(6-32-16(20)28)24(13(11)26)36(29,30)31;/h7,9,11H,6H2,1-5H3,(H2,19,21)(H2,20,28)(H,22,25)(H,29,30,31);/b23-10+;/t9-,11+;/m1./s1. The minimum Gasteiger partial charge on any atom is -0.457 e. The summed E-state index contributed by atoms with van der Waals surface area (Å²) in [5.74, 6) is -3.10. The molecule has 2 atom stereocenters. The molecule has 1 aromatic heterocycles. The normalized spacial score (nSPS) is 18.3. The molecule has 37 heavy (non-hydrogen) atoms. The molecule has 201 valence electrons. The number of β-lactam (4-membered cyclic amide) rings is 1. The summed E-state index contributed by atoms with van der Waals surface area (Å²) in [5.41, 5.74) is 7.39. The van der Waals surface area contributed by atoms with Crippen LogP contribution in [0.4, 0.5) is 9.93 Å². The zero-order valence-corrected chi connectivity index (χ0v) is 24.5. The van der Waals surface area contributed by atoms with Crippen LogP contribution < -0.4 is 16.8 Å². The monoisotopic (exact) mass is 573 g/mol. The van der Waals surface area contributed by atoms with E-state index in [2.05, 4.69) is 20.2 Å². The van der Waals surface area contributed by atoms with E-state index in [-0.39, 0.29) is 44.7 Å². The van der Waals surface area contributed by atoms with Gasteiger partial charge in [0, 0.05) is 34.9 Å². The Morgan fingerprint density at radius 3 is 2.32 bits per heavy atom. The first-order valence-electron chi connectivity index (χ1n) is 10.1. The molecule has 0 spiro atoms. The van der Waals surface area contributed by atoms with E-state index in [1.807, 2.05) is 0 Å². The molecular formula is C18H26N6NaO10S2. The maximum atomic E-state index is 13.0. The van der Waals surface area contributed by atoms with E-state index >= 15 is 0 Å². The number of nitrogens with one attached hydrogen (secondary N) is 1. The van der Waals surface area contributed by atoms with E-state index in [9.17, 15) is 32.1 Å². The van der Waals surface area contributed by atoms with Gasteiger partial charge in [0.1, 0.15) is 30.0 Å².